The lowest BCUT2D eigenvalue weighted by atomic mass is 10.2. The molecule has 0 bridgehead atoms. The summed E-state index contributed by atoms with van der Waals surface area (Å²) in [5.74, 6) is -1.18. The van der Waals surface area contributed by atoms with E-state index in [4.69, 9.17) is 4.52 Å². The van der Waals surface area contributed by atoms with Crippen LogP contribution in [0.2, 0.25) is 0 Å². The van der Waals surface area contributed by atoms with Gasteiger partial charge in [-0.1, -0.05) is 29.8 Å². The zero-order valence-electron chi connectivity index (χ0n) is 13.4. The fraction of sp³-hybridized carbons (Fsp3) is 0.294. The van der Waals surface area contributed by atoms with E-state index in [0.717, 1.165) is 11.3 Å². The summed E-state index contributed by atoms with van der Waals surface area (Å²) in [7, 11) is 1.85. The summed E-state index contributed by atoms with van der Waals surface area (Å²) in [5, 5.41) is 11.1. The second kappa shape index (κ2) is 6.66. The second-order valence-electron chi connectivity index (χ2n) is 5.47. The van der Waals surface area contributed by atoms with Crippen LogP contribution in [0, 0.1) is 6.92 Å². The van der Waals surface area contributed by atoms with Gasteiger partial charge in [-0.05, 0) is 36.8 Å². The quantitative estimate of drug-likeness (QED) is 0.859. The molecule has 0 spiro atoms. The van der Waals surface area contributed by atoms with E-state index in [9.17, 15) is 9.67 Å². The molecule has 5 heteroatoms. The van der Waals surface area contributed by atoms with Gasteiger partial charge in [-0.2, -0.15) is 0 Å². The van der Waals surface area contributed by atoms with E-state index in [0.29, 0.717) is 10.9 Å². The Morgan fingerprint density at radius 1 is 1.05 bits per heavy atom. The first kappa shape index (κ1) is 16.8. The van der Waals surface area contributed by atoms with E-state index in [1.54, 1.807) is 24.3 Å². The van der Waals surface area contributed by atoms with Crippen LogP contribution in [-0.4, -0.2) is 26.3 Å². The van der Waals surface area contributed by atoms with Crippen LogP contribution in [0.15, 0.2) is 48.5 Å². The number of rotatable bonds is 5. The van der Waals surface area contributed by atoms with Gasteiger partial charge in [-0.25, -0.2) is 0 Å². The van der Waals surface area contributed by atoms with Crippen molar-refractivity contribution in [1.82, 2.24) is 0 Å². The van der Waals surface area contributed by atoms with Gasteiger partial charge in [-0.3, -0.25) is 4.57 Å². The summed E-state index contributed by atoms with van der Waals surface area (Å²) in [5.41, 5.74) is 2.67. The molecule has 0 aliphatic carbocycles. The van der Waals surface area contributed by atoms with E-state index in [-0.39, 0.29) is 0 Å². The second-order valence-corrected chi connectivity index (χ2v) is 8.04. The Hall–Kier alpha value is -1.61. The fourth-order valence-electron chi connectivity index (χ4n) is 2.24. The number of aryl methyl sites for hydroxylation is 1. The minimum Gasteiger partial charge on any atom is -0.378 e. The van der Waals surface area contributed by atoms with Gasteiger partial charge in [0.25, 0.3) is 7.37 Å². The zero-order valence-corrected chi connectivity index (χ0v) is 14.2. The van der Waals surface area contributed by atoms with Crippen molar-refractivity contribution in [3.8, 4) is 0 Å². The number of hydrogen-bond donors (Lipinski definition) is 1. The minimum absolute atomic E-state index is 0.508. The number of benzene rings is 2. The van der Waals surface area contributed by atoms with Gasteiger partial charge in [0.1, 0.15) is 0 Å². The Morgan fingerprint density at radius 3 is 2.05 bits per heavy atom. The lowest BCUT2D eigenvalue weighted by Gasteiger charge is -2.23. The van der Waals surface area contributed by atoms with Crippen molar-refractivity contribution in [2.45, 2.75) is 12.8 Å². The summed E-state index contributed by atoms with van der Waals surface area (Å²) < 4.78 is 18.4. The molecular weight excluding hydrogens is 297 g/mol. The van der Waals surface area contributed by atoms with E-state index in [2.05, 4.69) is 0 Å². The maximum Gasteiger partial charge on any atom is 0.263 e. The molecular formula is C17H22NO3P. The summed E-state index contributed by atoms with van der Waals surface area (Å²) in [6.07, 6.45) is 0. The fourth-order valence-corrected chi connectivity index (χ4v) is 4.06. The van der Waals surface area contributed by atoms with Crippen molar-refractivity contribution < 1.29 is 14.2 Å². The van der Waals surface area contributed by atoms with E-state index >= 15 is 0 Å². The summed E-state index contributed by atoms with van der Waals surface area (Å²) in [6, 6.07) is 14.5. The van der Waals surface area contributed by atoms with Crippen molar-refractivity contribution in [2.24, 2.45) is 0 Å². The minimum atomic E-state index is -3.39. The third kappa shape index (κ3) is 3.25. The third-order valence-electron chi connectivity index (χ3n) is 3.69. The predicted molar refractivity (Wildman–Crippen MR) is 91.2 cm³/mol. The van der Waals surface area contributed by atoms with Crippen LogP contribution in [0.4, 0.5) is 5.69 Å². The van der Waals surface area contributed by atoms with Crippen LogP contribution in [0.1, 0.15) is 17.0 Å². The Labute approximate surface area is 131 Å². The van der Waals surface area contributed by atoms with E-state index in [1.807, 2.05) is 50.2 Å². The smallest absolute Gasteiger partial charge is 0.263 e. The van der Waals surface area contributed by atoms with Crippen molar-refractivity contribution in [3.05, 3.63) is 59.7 Å². The van der Waals surface area contributed by atoms with Gasteiger partial charge in [-0.15, -0.1) is 0 Å². The number of nitrogens with zero attached hydrogens (tertiary/aromatic N) is 1. The highest BCUT2D eigenvalue weighted by atomic mass is 31.2. The molecule has 118 valence electrons. The molecule has 22 heavy (non-hydrogen) atoms. The molecule has 1 N–H and O–H groups in total. The standard InChI is InChI=1S/C17H22NO3P/c1-13-5-7-14(8-6-13)17(19)22(20,21-4)16-11-9-15(10-12-16)18(2)3/h5-12,17,19H,1-4H3/t17-,22+/m1/s1. The zero-order chi connectivity index (χ0) is 16.3. The lowest BCUT2D eigenvalue weighted by molar-refractivity contribution is 0.229. The van der Waals surface area contributed by atoms with Crippen molar-refractivity contribution >= 4 is 18.4 Å². The van der Waals surface area contributed by atoms with Crippen LogP contribution in [0.3, 0.4) is 0 Å². The van der Waals surface area contributed by atoms with Crippen LogP contribution >= 0.6 is 7.37 Å². The van der Waals surface area contributed by atoms with Gasteiger partial charge >= 0.3 is 0 Å². The molecule has 0 heterocycles. The van der Waals surface area contributed by atoms with Gasteiger partial charge in [0.2, 0.25) is 0 Å². The molecule has 0 aliphatic heterocycles. The van der Waals surface area contributed by atoms with Crippen LogP contribution < -0.4 is 10.2 Å². The molecule has 0 unspecified atom stereocenters. The molecule has 0 saturated heterocycles. The van der Waals surface area contributed by atoms with Gasteiger partial charge in [0, 0.05) is 32.2 Å². The normalized spacial score (nSPS) is 15.1. The first-order valence-corrected chi connectivity index (χ1v) is 8.76. The van der Waals surface area contributed by atoms with Crippen LogP contribution in [0.25, 0.3) is 0 Å². The van der Waals surface area contributed by atoms with Crippen molar-refractivity contribution in [3.63, 3.8) is 0 Å². The van der Waals surface area contributed by atoms with Crippen molar-refractivity contribution in [2.75, 3.05) is 26.1 Å². The SMILES string of the molecule is CO[P@@](=O)(c1ccc(N(C)C)cc1)[C@@H](O)c1ccc(C)cc1. The van der Waals surface area contributed by atoms with Crippen LogP contribution in [0.5, 0.6) is 0 Å². The number of aliphatic hydroxyl groups excluding tert-OH is 1. The topological polar surface area (TPSA) is 49.8 Å². The van der Waals surface area contributed by atoms with Gasteiger partial charge in [0.05, 0.1) is 0 Å². The molecule has 0 aromatic heterocycles. The van der Waals surface area contributed by atoms with E-state index in [1.165, 1.54) is 7.11 Å². The monoisotopic (exact) mass is 319 g/mol. The lowest BCUT2D eigenvalue weighted by Crippen LogP contribution is -2.15. The Kier molecular flexibility index (Phi) is 5.07. The number of hydrogen-bond acceptors (Lipinski definition) is 4. The van der Waals surface area contributed by atoms with Gasteiger partial charge in [0.15, 0.2) is 5.85 Å². The highest BCUT2D eigenvalue weighted by Gasteiger charge is 2.35. The Bertz CT molecular complexity index is 665. The molecule has 0 aliphatic rings. The molecule has 2 rings (SSSR count). The third-order valence-corrected chi connectivity index (χ3v) is 6.20. The Morgan fingerprint density at radius 2 is 1.59 bits per heavy atom. The Balaban J connectivity index is 2.38. The highest BCUT2D eigenvalue weighted by Crippen LogP contribution is 2.57. The molecule has 0 amide bonds. The molecule has 2 aromatic rings. The first-order chi connectivity index (χ1) is 10.4. The predicted octanol–water partition coefficient (Wildman–Crippen LogP) is 3.30. The molecule has 4 nitrogen and oxygen atoms in total. The molecule has 0 saturated carbocycles. The first-order valence-electron chi connectivity index (χ1n) is 7.06. The number of aliphatic hydroxyl groups is 1. The summed E-state index contributed by atoms with van der Waals surface area (Å²) in [6.45, 7) is 1.96. The molecule has 0 radical (unpaired) electrons. The maximum atomic E-state index is 13.2. The average Bonchev–Trinajstić information content (AvgIpc) is 2.54. The van der Waals surface area contributed by atoms with E-state index < -0.39 is 13.2 Å². The summed E-state index contributed by atoms with van der Waals surface area (Å²) >= 11 is 0. The molecule has 0 fully saturated rings. The molecule has 2 aromatic carbocycles. The highest BCUT2D eigenvalue weighted by molar-refractivity contribution is 7.67. The van der Waals surface area contributed by atoms with Crippen molar-refractivity contribution in [1.29, 1.82) is 0 Å². The maximum absolute atomic E-state index is 13.2. The average molecular weight is 319 g/mol. The largest absolute Gasteiger partial charge is 0.378 e. The van der Waals surface area contributed by atoms with Gasteiger partial charge < -0.3 is 14.5 Å². The van der Waals surface area contributed by atoms with Crippen LogP contribution in [-0.2, 0) is 9.09 Å². The number of anilines is 1. The molecule has 2 atom stereocenters. The summed E-state index contributed by atoms with van der Waals surface area (Å²) in [4.78, 5) is 1.96.